The highest BCUT2D eigenvalue weighted by Gasteiger charge is 2.16. The van der Waals surface area contributed by atoms with Gasteiger partial charge in [0.15, 0.2) is 0 Å². The summed E-state index contributed by atoms with van der Waals surface area (Å²) in [6.45, 7) is 4.96. The van der Waals surface area contributed by atoms with Crippen molar-refractivity contribution < 1.29 is 0 Å². The molecule has 5 rings (SSSR count). The van der Waals surface area contributed by atoms with Crippen molar-refractivity contribution >= 4 is 57.5 Å². The Morgan fingerprint density at radius 3 is 1.59 bits per heavy atom. The zero-order valence-corrected chi connectivity index (χ0v) is 24.5. The first kappa shape index (κ1) is 26.6. The molecule has 0 saturated carbocycles. The lowest BCUT2D eigenvalue weighted by molar-refractivity contribution is 0.697. The van der Waals surface area contributed by atoms with Gasteiger partial charge >= 0.3 is 0 Å². The molecule has 0 saturated heterocycles. The summed E-state index contributed by atoms with van der Waals surface area (Å²) >= 11 is 6.85. The maximum absolute atomic E-state index is 9.08. The van der Waals surface area contributed by atoms with Gasteiger partial charge in [-0.1, -0.05) is 6.92 Å². The Balaban J connectivity index is 1.43. The number of hydrogen-bond donors (Lipinski definition) is 0. The lowest BCUT2D eigenvalue weighted by Gasteiger charge is -2.11. The molecule has 0 aliphatic rings. The molecule has 0 N–H and O–H groups in total. The summed E-state index contributed by atoms with van der Waals surface area (Å²) in [6.07, 6.45) is 4.60. The molecule has 4 nitrogen and oxygen atoms in total. The molecule has 0 unspecified atom stereocenters. The van der Waals surface area contributed by atoms with Crippen LogP contribution in [0.1, 0.15) is 30.0 Å². The van der Waals surface area contributed by atoms with E-state index in [2.05, 4.69) is 72.2 Å². The van der Waals surface area contributed by atoms with Crippen LogP contribution in [0.15, 0.2) is 71.8 Å². The Morgan fingerprint density at radius 1 is 0.641 bits per heavy atom. The Kier molecular flexibility index (Phi) is 8.07. The largest absolute Gasteiger partial charge is 0.339 e. The number of rotatable bonds is 8. The first-order valence-corrected chi connectivity index (χ1v) is 15.5. The predicted molar refractivity (Wildman–Crippen MR) is 166 cm³/mol. The molecule has 8 heteroatoms. The minimum Gasteiger partial charge on any atom is -0.339 e. The molecule has 0 radical (unpaired) electrons. The van der Waals surface area contributed by atoms with Crippen LogP contribution in [0.4, 0.5) is 0 Å². The second kappa shape index (κ2) is 11.8. The van der Waals surface area contributed by atoms with Gasteiger partial charge in [-0.15, -0.1) is 45.3 Å². The minimum atomic E-state index is 0.113. The topological polar surface area (TPSA) is 76.3 Å². The van der Waals surface area contributed by atoms with Crippen molar-refractivity contribution in [2.24, 2.45) is 0 Å². The summed E-state index contributed by atoms with van der Waals surface area (Å²) in [5.41, 5.74) is 3.25. The van der Waals surface area contributed by atoms with Crippen molar-refractivity contribution in [3.8, 4) is 58.9 Å². The second-order valence-electron chi connectivity index (χ2n) is 8.71. The molecule has 5 heterocycles. The monoisotopic (exact) mass is 578 g/mol. The molecule has 39 heavy (non-hydrogen) atoms. The Labute approximate surface area is 243 Å². The molecule has 0 amide bonds. The third kappa shape index (κ3) is 5.73. The van der Waals surface area contributed by atoms with Gasteiger partial charge in [-0.3, -0.25) is 0 Å². The van der Waals surface area contributed by atoms with E-state index in [1.807, 2.05) is 31.2 Å². The first-order chi connectivity index (χ1) is 19.0. The van der Waals surface area contributed by atoms with E-state index < -0.39 is 0 Å². The molecule has 0 fully saturated rings. The number of aromatic nitrogens is 1. The molecule has 0 aliphatic heterocycles. The minimum absolute atomic E-state index is 0.113. The Bertz CT molecular complexity index is 1810. The standard InChI is InChI=1S/C31H22N4S4/c1-3-14-35-24(26-10-12-30(38-26)28-8-4-22(36-28)15-20(2)17-32)6-7-25(35)27-11-13-31(39-27)29-9-5-23(37-29)16-21(18-33)19-34/h4-13,15-16H,3,14H2,1-2H3/b20-15-. The average molecular weight is 579 g/mol. The van der Waals surface area contributed by atoms with Crippen LogP contribution in [0.3, 0.4) is 0 Å². The third-order valence-electron chi connectivity index (χ3n) is 5.95. The van der Waals surface area contributed by atoms with Crippen molar-refractivity contribution in [2.45, 2.75) is 26.8 Å². The lowest BCUT2D eigenvalue weighted by atomic mass is 10.3. The van der Waals surface area contributed by atoms with E-state index in [1.165, 1.54) is 35.8 Å². The van der Waals surface area contributed by atoms with E-state index >= 15 is 0 Å². The Hall–Kier alpha value is -3.97. The van der Waals surface area contributed by atoms with Crippen molar-refractivity contribution in [1.29, 1.82) is 15.8 Å². The van der Waals surface area contributed by atoms with Gasteiger partial charge in [-0.2, -0.15) is 15.8 Å². The van der Waals surface area contributed by atoms with Gasteiger partial charge in [0.05, 0.1) is 27.2 Å². The molecular weight excluding hydrogens is 557 g/mol. The van der Waals surface area contributed by atoms with Gasteiger partial charge in [0.1, 0.15) is 17.7 Å². The number of thiophene rings is 4. The SMILES string of the molecule is CCCn1c(-c2ccc(-c3ccc(C=C(C#N)C#N)s3)s2)ccc1-c1ccc(-c2ccc(/C=C(/C)C#N)s2)s1. The zero-order chi connectivity index (χ0) is 27.4. The molecule has 0 spiro atoms. The van der Waals surface area contributed by atoms with E-state index in [-0.39, 0.29) is 5.57 Å². The maximum atomic E-state index is 9.08. The number of hydrogen-bond acceptors (Lipinski definition) is 7. The van der Waals surface area contributed by atoms with Crippen LogP contribution in [-0.2, 0) is 6.54 Å². The van der Waals surface area contributed by atoms with Gasteiger partial charge < -0.3 is 4.57 Å². The summed E-state index contributed by atoms with van der Waals surface area (Å²) in [7, 11) is 0. The second-order valence-corrected chi connectivity index (χ2v) is 13.1. The fourth-order valence-electron chi connectivity index (χ4n) is 4.18. The van der Waals surface area contributed by atoms with Crippen LogP contribution in [0.2, 0.25) is 0 Å². The van der Waals surface area contributed by atoms with Crippen molar-refractivity contribution in [1.82, 2.24) is 4.57 Å². The fraction of sp³-hybridized carbons (Fsp3) is 0.129. The van der Waals surface area contributed by atoms with E-state index in [0.29, 0.717) is 5.57 Å². The molecule has 0 bridgehead atoms. The summed E-state index contributed by atoms with van der Waals surface area (Å²) < 4.78 is 2.42. The molecule has 190 valence electrons. The highest BCUT2D eigenvalue weighted by molar-refractivity contribution is 7.24. The first-order valence-electron chi connectivity index (χ1n) is 12.2. The van der Waals surface area contributed by atoms with Crippen molar-refractivity contribution in [2.75, 3.05) is 0 Å². The zero-order valence-electron chi connectivity index (χ0n) is 21.3. The maximum Gasteiger partial charge on any atom is 0.131 e. The van der Waals surface area contributed by atoms with Crippen LogP contribution >= 0.6 is 45.3 Å². The van der Waals surface area contributed by atoms with Crippen molar-refractivity contribution in [3.05, 3.63) is 81.6 Å². The summed E-state index contributed by atoms with van der Waals surface area (Å²) in [6, 6.07) is 27.4. The van der Waals surface area contributed by atoms with Gasteiger partial charge in [0.25, 0.3) is 0 Å². The predicted octanol–water partition coefficient (Wildman–Crippen LogP) is 10.2. The molecule has 0 aliphatic carbocycles. The van der Waals surface area contributed by atoms with E-state index in [9.17, 15) is 0 Å². The fourth-order valence-corrected chi connectivity index (χ4v) is 8.40. The summed E-state index contributed by atoms with van der Waals surface area (Å²) in [4.78, 5) is 9.17. The third-order valence-corrected chi connectivity index (χ3v) is 10.6. The quantitative estimate of drug-likeness (QED) is 0.172. The molecule has 0 aromatic carbocycles. The molecule has 5 aromatic rings. The van der Waals surface area contributed by atoms with E-state index in [0.717, 1.165) is 27.6 Å². The highest BCUT2D eigenvalue weighted by atomic mass is 32.1. The van der Waals surface area contributed by atoms with Crippen LogP contribution in [0.25, 0.3) is 52.8 Å². The highest BCUT2D eigenvalue weighted by Crippen LogP contribution is 2.42. The van der Waals surface area contributed by atoms with E-state index in [1.54, 1.807) is 51.4 Å². The number of allylic oxidation sites excluding steroid dienone is 2. The van der Waals surface area contributed by atoms with Crippen LogP contribution < -0.4 is 0 Å². The van der Waals surface area contributed by atoms with Gasteiger partial charge in [0, 0.05) is 41.4 Å². The smallest absolute Gasteiger partial charge is 0.131 e. The van der Waals surface area contributed by atoms with Crippen LogP contribution in [-0.4, -0.2) is 4.57 Å². The number of nitrogens with zero attached hydrogens (tertiary/aromatic N) is 4. The lowest BCUT2D eigenvalue weighted by Crippen LogP contribution is -2.00. The normalized spacial score (nSPS) is 11.1. The van der Waals surface area contributed by atoms with Crippen LogP contribution in [0.5, 0.6) is 0 Å². The van der Waals surface area contributed by atoms with Crippen LogP contribution in [0, 0.1) is 34.0 Å². The van der Waals surface area contributed by atoms with Gasteiger partial charge in [-0.25, -0.2) is 0 Å². The van der Waals surface area contributed by atoms with Crippen molar-refractivity contribution in [3.63, 3.8) is 0 Å². The summed E-state index contributed by atoms with van der Waals surface area (Å²) in [5, 5.41) is 27.2. The summed E-state index contributed by atoms with van der Waals surface area (Å²) in [5.74, 6) is 0. The molecule has 5 aromatic heterocycles. The van der Waals surface area contributed by atoms with Gasteiger partial charge in [0.2, 0.25) is 0 Å². The van der Waals surface area contributed by atoms with E-state index in [4.69, 9.17) is 15.8 Å². The Morgan fingerprint density at radius 2 is 1.10 bits per heavy atom. The molecule has 0 atom stereocenters. The average Bonchev–Trinajstić information content (AvgIpc) is 3.76. The molecular formula is C31H22N4S4. The van der Waals surface area contributed by atoms with Gasteiger partial charge in [-0.05, 0) is 86.2 Å². The number of nitriles is 3.